The van der Waals surface area contributed by atoms with Crippen LogP contribution >= 0.6 is 31.9 Å². The molecule has 0 bridgehead atoms. The van der Waals surface area contributed by atoms with Gasteiger partial charge in [0.15, 0.2) is 0 Å². The first kappa shape index (κ1) is 12.9. The molecule has 0 aromatic heterocycles. The fourth-order valence-corrected chi connectivity index (χ4v) is 2.72. The minimum absolute atomic E-state index is 0.144. The van der Waals surface area contributed by atoms with E-state index in [0.29, 0.717) is 0 Å². The lowest BCUT2D eigenvalue weighted by Gasteiger charge is -2.14. The molecule has 0 aliphatic carbocycles. The zero-order chi connectivity index (χ0) is 11.4. The van der Waals surface area contributed by atoms with Gasteiger partial charge in [-0.25, -0.2) is 0 Å². The molecule has 1 rings (SSSR count). The molecule has 0 saturated heterocycles. The largest absolute Gasteiger partial charge is 0.298 e. The highest BCUT2D eigenvalue weighted by atomic mass is 79.9. The number of ketones is 1. The van der Waals surface area contributed by atoms with E-state index in [1.54, 1.807) is 6.92 Å². The molecule has 0 fully saturated rings. The van der Waals surface area contributed by atoms with E-state index in [0.717, 1.165) is 17.3 Å². The molecule has 0 aliphatic rings. The molecule has 1 aromatic rings. The van der Waals surface area contributed by atoms with Crippen molar-refractivity contribution < 1.29 is 4.79 Å². The summed E-state index contributed by atoms with van der Waals surface area (Å²) in [7, 11) is 0. The number of halogens is 2. The van der Waals surface area contributed by atoms with Gasteiger partial charge in [-0.1, -0.05) is 57.0 Å². The van der Waals surface area contributed by atoms with E-state index in [9.17, 15) is 4.79 Å². The summed E-state index contributed by atoms with van der Waals surface area (Å²) >= 11 is 6.92. The summed E-state index contributed by atoms with van der Waals surface area (Å²) in [5, 5.41) is 0.793. The Kier molecular flexibility index (Phi) is 5.00. The lowest BCUT2D eigenvalue weighted by Crippen LogP contribution is -2.06. The van der Waals surface area contributed by atoms with Crippen LogP contribution in [0.1, 0.15) is 35.4 Å². The monoisotopic (exact) mass is 332 g/mol. The third kappa shape index (κ3) is 2.91. The van der Waals surface area contributed by atoms with E-state index in [1.807, 2.05) is 12.1 Å². The predicted octanol–water partition coefficient (Wildman–Crippen LogP) is 4.17. The van der Waals surface area contributed by atoms with Crippen molar-refractivity contribution in [1.29, 1.82) is 0 Å². The number of alkyl halides is 2. The fraction of sp³-hybridized carbons (Fsp3) is 0.417. The number of Topliss-reactive ketones (excluding diaryl/α,β-unsaturated/α-hetero) is 1. The molecule has 0 heterocycles. The first-order valence-electron chi connectivity index (χ1n) is 4.93. The van der Waals surface area contributed by atoms with Gasteiger partial charge < -0.3 is 0 Å². The zero-order valence-corrected chi connectivity index (χ0v) is 12.1. The summed E-state index contributed by atoms with van der Waals surface area (Å²) in [6, 6.07) is 6.13. The molecular weight excluding hydrogens is 320 g/mol. The van der Waals surface area contributed by atoms with Gasteiger partial charge in [0, 0.05) is 5.33 Å². The van der Waals surface area contributed by atoms with Crippen LogP contribution in [0, 0.1) is 0 Å². The molecule has 0 spiro atoms. The molecule has 1 nitrogen and oxygen atoms in total. The van der Waals surface area contributed by atoms with Crippen molar-refractivity contribution in [2.24, 2.45) is 0 Å². The Morgan fingerprint density at radius 1 is 1.47 bits per heavy atom. The van der Waals surface area contributed by atoms with Crippen LogP contribution in [-0.4, -0.2) is 5.78 Å². The van der Waals surface area contributed by atoms with Gasteiger partial charge >= 0.3 is 0 Å². The number of carbonyl (C=O) groups is 1. The molecule has 0 N–H and O–H groups in total. The van der Waals surface area contributed by atoms with Crippen LogP contribution in [0.4, 0.5) is 0 Å². The van der Waals surface area contributed by atoms with Gasteiger partial charge in [0.1, 0.15) is 5.78 Å². The van der Waals surface area contributed by atoms with Gasteiger partial charge in [0.2, 0.25) is 0 Å². The molecule has 82 valence electrons. The fourth-order valence-electron chi connectivity index (χ4n) is 1.61. The summed E-state index contributed by atoms with van der Waals surface area (Å²) in [5.41, 5.74) is 3.62. The van der Waals surface area contributed by atoms with Crippen molar-refractivity contribution in [2.75, 3.05) is 0 Å². The molecule has 0 aliphatic heterocycles. The van der Waals surface area contributed by atoms with E-state index in [2.05, 4.69) is 44.8 Å². The standard InChI is InChI=1S/C12H14Br2O/c1-3-9-5-4-6-10(11(9)7-13)12(14)8(2)15/h4-6,12H,3,7H2,1-2H3. The van der Waals surface area contributed by atoms with Crippen molar-refractivity contribution in [3.05, 3.63) is 34.9 Å². The maximum Gasteiger partial charge on any atom is 0.147 e. The zero-order valence-electron chi connectivity index (χ0n) is 8.89. The number of benzene rings is 1. The maximum atomic E-state index is 11.3. The van der Waals surface area contributed by atoms with Gasteiger partial charge in [0.25, 0.3) is 0 Å². The Hall–Kier alpha value is -0.150. The van der Waals surface area contributed by atoms with E-state index < -0.39 is 0 Å². The highest BCUT2D eigenvalue weighted by molar-refractivity contribution is 9.09. The van der Waals surface area contributed by atoms with E-state index in [4.69, 9.17) is 0 Å². The van der Waals surface area contributed by atoms with Gasteiger partial charge in [-0.3, -0.25) is 4.79 Å². The smallest absolute Gasteiger partial charge is 0.147 e. The lowest BCUT2D eigenvalue weighted by atomic mass is 9.97. The number of carbonyl (C=O) groups excluding carboxylic acids is 1. The van der Waals surface area contributed by atoms with Crippen molar-refractivity contribution in [2.45, 2.75) is 30.4 Å². The second kappa shape index (κ2) is 5.80. The molecule has 0 amide bonds. The van der Waals surface area contributed by atoms with Crippen molar-refractivity contribution in [1.82, 2.24) is 0 Å². The topological polar surface area (TPSA) is 17.1 Å². The highest BCUT2D eigenvalue weighted by Gasteiger charge is 2.17. The first-order valence-corrected chi connectivity index (χ1v) is 6.96. The van der Waals surface area contributed by atoms with Crippen LogP contribution in [0.15, 0.2) is 18.2 Å². The first-order chi connectivity index (χ1) is 7.11. The maximum absolute atomic E-state index is 11.3. The number of rotatable bonds is 4. The third-order valence-corrected chi connectivity index (χ3v) is 4.15. The number of hydrogen-bond donors (Lipinski definition) is 0. The summed E-state index contributed by atoms with van der Waals surface area (Å²) < 4.78 is 0. The summed E-state index contributed by atoms with van der Waals surface area (Å²) in [4.78, 5) is 11.2. The molecule has 1 unspecified atom stereocenters. The Morgan fingerprint density at radius 2 is 2.13 bits per heavy atom. The van der Waals surface area contributed by atoms with Crippen molar-refractivity contribution >= 4 is 37.6 Å². The van der Waals surface area contributed by atoms with Crippen LogP contribution in [0.25, 0.3) is 0 Å². The van der Waals surface area contributed by atoms with E-state index in [1.165, 1.54) is 11.1 Å². The minimum Gasteiger partial charge on any atom is -0.298 e. The summed E-state index contributed by atoms with van der Waals surface area (Å²) in [6.07, 6.45) is 0.992. The molecule has 0 saturated carbocycles. The molecule has 0 radical (unpaired) electrons. The highest BCUT2D eigenvalue weighted by Crippen LogP contribution is 2.30. The Balaban J connectivity index is 3.22. The van der Waals surface area contributed by atoms with Gasteiger partial charge in [-0.2, -0.15) is 0 Å². The van der Waals surface area contributed by atoms with Gasteiger partial charge in [-0.15, -0.1) is 0 Å². The van der Waals surface area contributed by atoms with Gasteiger partial charge in [0.05, 0.1) is 4.83 Å². The molecule has 15 heavy (non-hydrogen) atoms. The Bertz CT molecular complexity index is 361. The summed E-state index contributed by atoms with van der Waals surface area (Å²) in [5.74, 6) is 0.144. The quantitative estimate of drug-likeness (QED) is 0.756. The van der Waals surface area contributed by atoms with E-state index >= 15 is 0 Å². The normalized spacial score (nSPS) is 12.5. The Morgan fingerprint density at radius 3 is 2.60 bits per heavy atom. The molecule has 3 heteroatoms. The minimum atomic E-state index is -0.184. The molecule has 1 atom stereocenters. The number of hydrogen-bond acceptors (Lipinski definition) is 1. The van der Waals surface area contributed by atoms with Crippen molar-refractivity contribution in [3.63, 3.8) is 0 Å². The van der Waals surface area contributed by atoms with Crippen LogP contribution < -0.4 is 0 Å². The van der Waals surface area contributed by atoms with Crippen molar-refractivity contribution in [3.8, 4) is 0 Å². The van der Waals surface area contributed by atoms with Crippen LogP contribution in [-0.2, 0) is 16.5 Å². The average molecular weight is 334 g/mol. The second-order valence-electron chi connectivity index (χ2n) is 3.45. The van der Waals surface area contributed by atoms with E-state index in [-0.39, 0.29) is 10.6 Å². The predicted molar refractivity (Wildman–Crippen MR) is 70.8 cm³/mol. The van der Waals surface area contributed by atoms with Crippen LogP contribution in [0.3, 0.4) is 0 Å². The molecule has 1 aromatic carbocycles. The average Bonchev–Trinajstić information content (AvgIpc) is 2.26. The summed E-state index contributed by atoms with van der Waals surface area (Å²) in [6.45, 7) is 3.73. The Labute approximate surface area is 108 Å². The van der Waals surface area contributed by atoms with Crippen LogP contribution in [0.2, 0.25) is 0 Å². The van der Waals surface area contributed by atoms with Crippen LogP contribution in [0.5, 0.6) is 0 Å². The SMILES string of the molecule is CCc1cccc(C(Br)C(C)=O)c1CBr. The molecular formula is C12H14Br2O. The third-order valence-electron chi connectivity index (χ3n) is 2.45. The van der Waals surface area contributed by atoms with Gasteiger partial charge in [-0.05, 0) is 30.0 Å². The lowest BCUT2D eigenvalue weighted by molar-refractivity contribution is -0.116. The second-order valence-corrected chi connectivity index (χ2v) is 4.92. The number of aryl methyl sites for hydroxylation is 1.